The van der Waals surface area contributed by atoms with Crippen molar-refractivity contribution in [3.8, 4) is 11.5 Å². The molecule has 25 heavy (non-hydrogen) atoms. The maximum absolute atomic E-state index is 12.6. The van der Waals surface area contributed by atoms with Crippen molar-refractivity contribution in [2.24, 2.45) is 0 Å². The molecule has 3 rings (SSSR count). The summed E-state index contributed by atoms with van der Waals surface area (Å²) in [5.41, 5.74) is 1.66. The van der Waals surface area contributed by atoms with E-state index in [2.05, 4.69) is 10.2 Å². The van der Waals surface area contributed by atoms with Crippen molar-refractivity contribution < 1.29 is 9.21 Å². The molecule has 3 aromatic rings. The van der Waals surface area contributed by atoms with Gasteiger partial charge in [-0.25, -0.2) is 0 Å². The molecule has 0 bridgehead atoms. The molecule has 128 valence electrons. The Kier molecular flexibility index (Phi) is 5.40. The first kappa shape index (κ1) is 17.5. The first-order valence-electron chi connectivity index (χ1n) is 7.57. The van der Waals surface area contributed by atoms with E-state index in [1.807, 2.05) is 42.5 Å². The lowest BCUT2D eigenvalue weighted by Crippen LogP contribution is -2.26. The number of halogens is 1. The molecule has 0 aliphatic rings. The molecule has 1 aromatic heterocycles. The van der Waals surface area contributed by atoms with Crippen molar-refractivity contribution in [1.29, 1.82) is 0 Å². The lowest BCUT2D eigenvalue weighted by atomic mass is 10.1. The van der Waals surface area contributed by atoms with Gasteiger partial charge in [-0.2, -0.15) is 0 Å². The average Bonchev–Trinajstić information content (AvgIpc) is 3.09. The molecule has 1 heterocycles. The van der Waals surface area contributed by atoms with Crippen molar-refractivity contribution in [3.05, 3.63) is 65.2 Å². The van der Waals surface area contributed by atoms with Gasteiger partial charge in [0.15, 0.2) is 0 Å². The van der Waals surface area contributed by atoms with Crippen LogP contribution in [0.2, 0.25) is 5.02 Å². The zero-order valence-corrected chi connectivity index (χ0v) is 15.3. The van der Waals surface area contributed by atoms with Crippen molar-refractivity contribution in [2.45, 2.75) is 10.5 Å². The Balaban J connectivity index is 1.85. The number of nitrogens with zero attached hydrogens (tertiary/aromatic N) is 3. The number of amides is 1. The fourth-order valence-corrected chi connectivity index (χ4v) is 3.34. The Morgan fingerprint density at radius 3 is 2.40 bits per heavy atom. The van der Waals surface area contributed by atoms with Gasteiger partial charge in [0.2, 0.25) is 11.8 Å². The van der Waals surface area contributed by atoms with Crippen LogP contribution in [0.15, 0.2) is 64.2 Å². The van der Waals surface area contributed by atoms with Crippen molar-refractivity contribution >= 4 is 29.3 Å². The summed E-state index contributed by atoms with van der Waals surface area (Å²) in [5, 5.41) is 8.66. The zero-order valence-electron chi connectivity index (χ0n) is 13.7. The second kappa shape index (κ2) is 7.72. The van der Waals surface area contributed by atoms with Crippen LogP contribution in [0.4, 0.5) is 0 Å². The molecular formula is C18H16ClN3O2S. The molecule has 1 amide bonds. The van der Waals surface area contributed by atoms with Gasteiger partial charge in [-0.05, 0) is 41.6 Å². The van der Waals surface area contributed by atoms with Crippen LogP contribution in [-0.4, -0.2) is 35.1 Å². The van der Waals surface area contributed by atoms with Crippen molar-refractivity contribution in [2.75, 3.05) is 14.1 Å². The Hall–Kier alpha value is -2.31. The van der Waals surface area contributed by atoms with Gasteiger partial charge in [0, 0.05) is 24.7 Å². The number of benzene rings is 2. The number of thioether (sulfide) groups is 1. The second-order valence-electron chi connectivity index (χ2n) is 5.52. The summed E-state index contributed by atoms with van der Waals surface area (Å²) >= 11 is 7.13. The topological polar surface area (TPSA) is 59.2 Å². The van der Waals surface area contributed by atoms with Gasteiger partial charge in [-0.3, -0.25) is 4.79 Å². The largest absolute Gasteiger partial charge is 0.411 e. The highest BCUT2D eigenvalue weighted by atomic mass is 35.5. The summed E-state index contributed by atoms with van der Waals surface area (Å²) in [4.78, 5) is 14.1. The molecular weight excluding hydrogens is 358 g/mol. The van der Waals surface area contributed by atoms with Crippen LogP contribution in [0.5, 0.6) is 0 Å². The first-order chi connectivity index (χ1) is 12.0. The predicted octanol–water partition coefficient (Wildman–Crippen LogP) is 4.31. The molecule has 0 spiro atoms. The summed E-state index contributed by atoms with van der Waals surface area (Å²) < 4.78 is 5.72. The molecule has 0 fully saturated rings. The van der Waals surface area contributed by atoms with Crippen LogP contribution in [0, 0.1) is 0 Å². The van der Waals surface area contributed by atoms with Crippen LogP contribution in [0.3, 0.4) is 0 Å². The van der Waals surface area contributed by atoms with Crippen LogP contribution in [-0.2, 0) is 4.79 Å². The van der Waals surface area contributed by atoms with Gasteiger partial charge in [-0.1, -0.05) is 41.9 Å². The molecule has 0 saturated heterocycles. The Morgan fingerprint density at radius 2 is 1.76 bits per heavy atom. The first-order valence-corrected chi connectivity index (χ1v) is 8.82. The van der Waals surface area contributed by atoms with E-state index in [0.29, 0.717) is 16.1 Å². The monoisotopic (exact) mass is 373 g/mol. The van der Waals surface area contributed by atoms with Gasteiger partial charge in [-0.15, -0.1) is 10.2 Å². The van der Waals surface area contributed by atoms with Gasteiger partial charge >= 0.3 is 0 Å². The number of rotatable bonds is 5. The zero-order chi connectivity index (χ0) is 17.8. The van der Waals surface area contributed by atoms with Crippen LogP contribution < -0.4 is 0 Å². The molecule has 0 aliphatic carbocycles. The SMILES string of the molecule is CN(C)C(=O)[C@@H](Sc1nnc(-c2ccc(Cl)cc2)o1)c1ccccc1. The number of carbonyl (C=O) groups excluding carboxylic acids is 1. The minimum absolute atomic E-state index is 0.0394. The van der Waals surface area contributed by atoms with E-state index in [4.69, 9.17) is 16.0 Å². The minimum atomic E-state index is -0.449. The third-order valence-electron chi connectivity index (χ3n) is 3.48. The molecule has 1 atom stereocenters. The fraction of sp³-hybridized carbons (Fsp3) is 0.167. The summed E-state index contributed by atoms with van der Waals surface area (Å²) in [6.07, 6.45) is 0. The summed E-state index contributed by atoms with van der Waals surface area (Å²) in [5.74, 6) is 0.353. The van der Waals surface area contributed by atoms with Gasteiger partial charge in [0.05, 0.1) is 0 Å². The maximum Gasteiger partial charge on any atom is 0.277 e. The smallest absolute Gasteiger partial charge is 0.277 e. The lowest BCUT2D eigenvalue weighted by molar-refractivity contribution is -0.128. The van der Waals surface area contributed by atoms with Crippen LogP contribution in [0.25, 0.3) is 11.5 Å². The summed E-state index contributed by atoms with van der Waals surface area (Å²) in [6, 6.07) is 16.7. The number of carbonyl (C=O) groups is 1. The van der Waals surface area contributed by atoms with Crippen LogP contribution >= 0.6 is 23.4 Å². The molecule has 0 N–H and O–H groups in total. The second-order valence-corrected chi connectivity index (χ2v) is 7.01. The number of hydrogen-bond acceptors (Lipinski definition) is 5. The Bertz CT molecular complexity index is 850. The number of aromatic nitrogens is 2. The van der Waals surface area contributed by atoms with E-state index in [1.165, 1.54) is 11.8 Å². The highest BCUT2D eigenvalue weighted by Crippen LogP contribution is 2.36. The molecule has 7 heteroatoms. The highest BCUT2D eigenvalue weighted by Gasteiger charge is 2.26. The van der Waals surface area contributed by atoms with E-state index >= 15 is 0 Å². The Labute approximate surface area is 155 Å². The van der Waals surface area contributed by atoms with Crippen LogP contribution in [0.1, 0.15) is 10.8 Å². The number of likely N-dealkylation sites (N-methyl/N-ethyl adjacent to an activating group) is 1. The van der Waals surface area contributed by atoms with Gasteiger partial charge in [0.25, 0.3) is 5.22 Å². The summed E-state index contributed by atoms with van der Waals surface area (Å²) in [7, 11) is 3.46. The minimum Gasteiger partial charge on any atom is -0.411 e. The maximum atomic E-state index is 12.6. The van der Waals surface area contributed by atoms with E-state index in [-0.39, 0.29) is 5.91 Å². The van der Waals surface area contributed by atoms with E-state index in [1.54, 1.807) is 31.1 Å². The average molecular weight is 374 g/mol. The van der Waals surface area contributed by atoms with Crippen molar-refractivity contribution in [1.82, 2.24) is 15.1 Å². The molecule has 5 nitrogen and oxygen atoms in total. The molecule has 0 unspecified atom stereocenters. The molecule has 2 aromatic carbocycles. The normalized spacial score (nSPS) is 12.0. The number of hydrogen-bond donors (Lipinski definition) is 0. The molecule has 0 saturated carbocycles. The standard InChI is InChI=1S/C18H16ClN3O2S/c1-22(2)17(23)15(12-6-4-3-5-7-12)25-18-21-20-16(24-18)13-8-10-14(19)11-9-13/h3-11,15H,1-2H3/t15-/m0/s1. The highest BCUT2D eigenvalue weighted by molar-refractivity contribution is 8.00. The lowest BCUT2D eigenvalue weighted by Gasteiger charge is -2.18. The third kappa shape index (κ3) is 4.21. The fourth-order valence-electron chi connectivity index (χ4n) is 2.19. The predicted molar refractivity (Wildman–Crippen MR) is 98.5 cm³/mol. The molecule has 0 radical (unpaired) electrons. The van der Waals surface area contributed by atoms with Gasteiger partial charge < -0.3 is 9.32 Å². The Morgan fingerprint density at radius 1 is 1.08 bits per heavy atom. The third-order valence-corrected chi connectivity index (χ3v) is 4.81. The van der Waals surface area contributed by atoms with E-state index in [9.17, 15) is 4.79 Å². The van der Waals surface area contributed by atoms with Gasteiger partial charge in [0.1, 0.15) is 5.25 Å². The quantitative estimate of drug-likeness (QED) is 0.623. The van der Waals surface area contributed by atoms with E-state index < -0.39 is 5.25 Å². The molecule has 0 aliphatic heterocycles. The van der Waals surface area contributed by atoms with Crippen molar-refractivity contribution in [3.63, 3.8) is 0 Å². The van der Waals surface area contributed by atoms with E-state index in [0.717, 1.165) is 11.1 Å². The summed E-state index contributed by atoms with van der Waals surface area (Å²) in [6.45, 7) is 0.